The van der Waals surface area contributed by atoms with Crippen LogP contribution < -0.4 is 10.1 Å². The summed E-state index contributed by atoms with van der Waals surface area (Å²) in [5.74, 6) is 0.0888. The van der Waals surface area contributed by atoms with Crippen LogP contribution in [0.15, 0.2) is 18.2 Å². The average Bonchev–Trinajstić information content (AvgIpc) is 3.19. The Labute approximate surface area is 173 Å². The first-order valence-electron chi connectivity index (χ1n) is 9.62. The van der Waals surface area contributed by atoms with Gasteiger partial charge in [0.2, 0.25) is 0 Å². The molecule has 1 N–H and O–H groups in total. The normalized spacial score (nSPS) is 10.9. The Balaban J connectivity index is 1.96. The van der Waals surface area contributed by atoms with Crippen molar-refractivity contribution in [2.45, 2.75) is 41.2 Å². The molecule has 0 aliphatic rings. The SMILES string of the molecule is CCOC(=O)c1sc(NC(=O)c2c(C)c3cc(OCC)ccc3n2CC)nc1C. The number of aryl methyl sites for hydroxylation is 3. The van der Waals surface area contributed by atoms with E-state index in [1.165, 1.54) is 0 Å². The van der Waals surface area contributed by atoms with Crippen LogP contribution in [-0.2, 0) is 11.3 Å². The lowest BCUT2D eigenvalue weighted by molar-refractivity contribution is 0.0531. The number of esters is 1. The Morgan fingerprint density at radius 2 is 1.93 bits per heavy atom. The van der Waals surface area contributed by atoms with E-state index in [4.69, 9.17) is 9.47 Å². The standard InChI is InChI=1S/C21H25N3O4S/c1-6-24-16-10-9-14(27-7-2)11-15(16)12(4)17(24)19(25)23-21-22-13(5)18(29-21)20(26)28-8-3/h9-11H,6-8H2,1-5H3,(H,22,23,25). The molecule has 0 spiro atoms. The topological polar surface area (TPSA) is 82.5 Å². The molecule has 0 aliphatic carbocycles. The van der Waals surface area contributed by atoms with E-state index in [2.05, 4.69) is 10.3 Å². The summed E-state index contributed by atoms with van der Waals surface area (Å²) in [5.41, 5.74) is 2.96. The number of hydrogen-bond acceptors (Lipinski definition) is 6. The summed E-state index contributed by atoms with van der Waals surface area (Å²) in [6, 6.07) is 5.85. The van der Waals surface area contributed by atoms with E-state index >= 15 is 0 Å². The van der Waals surface area contributed by atoms with E-state index in [-0.39, 0.29) is 12.5 Å². The van der Waals surface area contributed by atoms with Crippen molar-refractivity contribution in [1.82, 2.24) is 9.55 Å². The Morgan fingerprint density at radius 1 is 1.17 bits per heavy atom. The van der Waals surface area contributed by atoms with Crippen molar-refractivity contribution in [3.8, 4) is 5.75 Å². The van der Waals surface area contributed by atoms with Gasteiger partial charge in [-0.2, -0.15) is 0 Å². The van der Waals surface area contributed by atoms with Crippen LogP contribution in [0.4, 0.5) is 5.13 Å². The third-order valence-corrected chi connectivity index (χ3v) is 5.66. The van der Waals surface area contributed by atoms with Crippen LogP contribution in [0.25, 0.3) is 10.9 Å². The number of rotatable bonds is 7. The molecule has 0 saturated heterocycles. The molecule has 3 rings (SSSR count). The minimum absolute atomic E-state index is 0.261. The number of hydrogen-bond donors (Lipinski definition) is 1. The highest BCUT2D eigenvalue weighted by Crippen LogP contribution is 2.31. The first kappa shape index (κ1) is 20.9. The number of aromatic nitrogens is 2. The second-order valence-corrected chi connectivity index (χ2v) is 7.44. The van der Waals surface area contributed by atoms with E-state index in [0.29, 0.717) is 34.5 Å². The lowest BCUT2D eigenvalue weighted by atomic mass is 10.1. The zero-order chi connectivity index (χ0) is 21.1. The van der Waals surface area contributed by atoms with E-state index in [1.54, 1.807) is 13.8 Å². The van der Waals surface area contributed by atoms with Crippen molar-refractivity contribution in [3.05, 3.63) is 40.0 Å². The van der Waals surface area contributed by atoms with Gasteiger partial charge < -0.3 is 14.0 Å². The number of benzene rings is 1. The molecular formula is C21H25N3O4S. The summed E-state index contributed by atoms with van der Waals surface area (Å²) < 4.78 is 12.6. The summed E-state index contributed by atoms with van der Waals surface area (Å²) >= 11 is 1.12. The van der Waals surface area contributed by atoms with Gasteiger partial charge in [-0.15, -0.1) is 0 Å². The number of nitrogens with zero attached hydrogens (tertiary/aromatic N) is 2. The third-order valence-electron chi connectivity index (χ3n) is 4.61. The predicted octanol–water partition coefficient (Wildman–Crippen LogP) is 4.56. The van der Waals surface area contributed by atoms with Gasteiger partial charge in [0.25, 0.3) is 5.91 Å². The Hall–Kier alpha value is -2.87. The van der Waals surface area contributed by atoms with E-state index in [0.717, 1.165) is 33.6 Å². The van der Waals surface area contributed by atoms with E-state index in [1.807, 2.05) is 43.5 Å². The van der Waals surface area contributed by atoms with Crippen molar-refractivity contribution in [2.24, 2.45) is 0 Å². The van der Waals surface area contributed by atoms with Crippen molar-refractivity contribution in [2.75, 3.05) is 18.5 Å². The summed E-state index contributed by atoms with van der Waals surface area (Å²) in [6.45, 7) is 10.9. The molecule has 2 heterocycles. The number of ether oxygens (including phenoxy) is 2. The Morgan fingerprint density at radius 3 is 2.59 bits per heavy atom. The maximum absolute atomic E-state index is 13.1. The average molecular weight is 416 g/mol. The molecule has 0 aliphatic heterocycles. The number of nitrogens with one attached hydrogen (secondary N) is 1. The van der Waals surface area contributed by atoms with Crippen LogP contribution in [0, 0.1) is 13.8 Å². The number of carbonyl (C=O) groups is 2. The van der Waals surface area contributed by atoms with Crippen molar-refractivity contribution in [1.29, 1.82) is 0 Å². The predicted molar refractivity (Wildman–Crippen MR) is 114 cm³/mol. The van der Waals surface area contributed by atoms with Gasteiger partial charge in [-0.25, -0.2) is 9.78 Å². The monoisotopic (exact) mass is 415 g/mol. The lowest BCUT2D eigenvalue weighted by Crippen LogP contribution is -2.17. The molecule has 0 fully saturated rings. The van der Waals surface area contributed by atoms with E-state index in [9.17, 15) is 9.59 Å². The fraction of sp³-hybridized carbons (Fsp3) is 0.381. The number of fused-ring (bicyclic) bond motifs is 1. The summed E-state index contributed by atoms with van der Waals surface area (Å²) in [6.07, 6.45) is 0. The van der Waals surface area contributed by atoms with Crippen LogP contribution in [0.5, 0.6) is 5.75 Å². The maximum atomic E-state index is 13.1. The summed E-state index contributed by atoms with van der Waals surface area (Å²) in [4.78, 5) is 29.8. The summed E-state index contributed by atoms with van der Waals surface area (Å²) in [7, 11) is 0. The molecule has 1 aromatic carbocycles. The highest BCUT2D eigenvalue weighted by atomic mass is 32.1. The first-order valence-corrected chi connectivity index (χ1v) is 10.4. The van der Waals surface area contributed by atoms with Crippen LogP contribution in [0.2, 0.25) is 0 Å². The third kappa shape index (κ3) is 3.98. The fourth-order valence-corrected chi connectivity index (χ4v) is 4.23. The molecule has 3 aromatic rings. The zero-order valence-electron chi connectivity index (χ0n) is 17.3. The van der Waals surface area contributed by atoms with Crippen LogP contribution in [0.3, 0.4) is 0 Å². The molecule has 0 saturated carbocycles. The van der Waals surface area contributed by atoms with E-state index < -0.39 is 5.97 Å². The largest absolute Gasteiger partial charge is 0.494 e. The Kier molecular flexibility index (Phi) is 6.22. The summed E-state index contributed by atoms with van der Waals surface area (Å²) in [5, 5.41) is 4.19. The van der Waals surface area contributed by atoms with Crippen molar-refractivity contribution >= 4 is 39.2 Å². The van der Waals surface area contributed by atoms with Gasteiger partial charge in [-0.05, 0) is 58.4 Å². The minimum Gasteiger partial charge on any atom is -0.494 e. The Bertz CT molecular complexity index is 1070. The van der Waals surface area contributed by atoms with Gasteiger partial charge in [0, 0.05) is 17.4 Å². The fourth-order valence-electron chi connectivity index (χ4n) is 3.37. The minimum atomic E-state index is -0.426. The molecule has 0 radical (unpaired) electrons. The molecule has 0 bridgehead atoms. The number of amides is 1. The molecular weight excluding hydrogens is 390 g/mol. The second kappa shape index (κ2) is 8.65. The molecule has 8 heteroatoms. The molecule has 0 unspecified atom stereocenters. The van der Waals surface area contributed by atoms with Gasteiger partial charge in [0.15, 0.2) is 5.13 Å². The number of thiazole rings is 1. The van der Waals surface area contributed by atoms with Crippen LogP contribution in [0.1, 0.15) is 52.2 Å². The quantitative estimate of drug-likeness (QED) is 0.572. The highest BCUT2D eigenvalue weighted by Gasteiger charge is 2.23. The van der Waals surface area contributed by atoms with Gasteiger partial charge in [-0.1, -0.05) is 11.3 Å². The molecule has 1 amide bonds. The van der Waals surface area contributed by atoms with Gasteiger partial charge in [0.1, 0.15) is 16.3 Å². The van der Waals surface area contributed by atoms with Gasteiger partial charge in [-0.3, -0.25) is 10.1 Å². The molecule has 7 nitrogen and oxygen atoms in total. The number of anilines is 1. The smallest absolute Gasteiger partial charge is 0.350 e. The molecule has 154 valence electrons. The maximum Gasteiger partial charge on any atom is 0.350 e. The zero-order valence-corrected chi connectivity index (χ0v) is 18.1. The van der Waals surface area contributed by atoms with Gasteiger partial charge >= 0.3 is 5.97 Å². The molecule has 29 heavy (non-hydrogen) atoms. The van der Waals surface area contributed by atoms with Crippen LogP contribution >= 0.6 is 11.3 Å². The highest BCUT2D eigenvalue weighted by molar-refractivity contribution is 7.17. The van der Waals surface area contributed by atoms with Crippen molar-refractivity contribution in [3.63, 3.8) is 0 Å². The van der Waals surface area contributed by atoms with Crippen molar-refractivity contribution < 1.29 is 19.1 Å². The first-order chi connectivity index (χ1) is 13.9. The lowest BCUT2D eigenvalue weighted by Gasteiger charge is -2.08. The van der Waals surface area contributed by atoms with Crippen LogP contribution in [-0.4, -0.2) is 34.6 Å². The molecule has 0 atom stereocenters. The van der Waals surface area contributed by atoms with Gasteiger partial charge in [0.05, 0.1) is 18.9 Å². The molecule has 2 aromatic heterocycles. The second-order valence-electron chi connectivity index (χ2n) is 6.44. The number of carbonyl (C=O) groups excluding carboxylic acids is 2.